The summed E-state index contributed by atoms with van der Waals surface area (Å²) >= 11 is 0. The fourth-order valence-corrected chi connectivity index (χ4v) is 2.61. The fraction of sp³-hybridized carbons (Fsp3) is 0.222. The van der Waals surface area contributed by atoms with Crippen LogP contribution in [0.2, 0.25) is 0 Å². The maximum absolute atomic E-state index is 9.13. The van der Waals surface area contributed by atoms with Crippen LogP contribution in [0.1, 0.15) is 31.0 Å². The summed E-state index contributed by atoms with van der Waals surface area (Å²) in [6.45, 7) is 4.34. The van der Waals surface area contributed by atoms with E-state index in [4.69, 9.17) is 11.0 Å². The first-order valence-electron chi connectivity index (χ1n) is 7.34. The molecular formula is C18H18N4. The zero-order valence-corrected chi connectivity index (χ0v) is 12.7. The summed E-state index contributed by atoms with van der Waals surface area (Å²) in [5.41, 5.74) is 11.4. The Labute approximate surface area is 129 Å². The fourth-order valence-electron chi connectivity index (χ4n) is 2.61. The Bertz CT molecular complexity index is 851. The number of nitriles is 1. The Kier molecular flexibility index (Phi) is 3.56. The standard InChI is InChI=1S/C18H18N4/c1-12(2)13-3-5-14(6-4-13)18-16(9-10-19)22-11-15(20)7-8-17(22)21-18/h3-8,11-12H,9,20H2,1-2H3. The molecule has 0 amide bonds. The summed E-state index contributed by atoms with van der Waals surface area (Å²) < 4.78 is 1.91. The Morgan fingerprint density at radius 3 is 2.55 bits per heavy atom. The number of hydrogen-bond acceptors (Lipinski definition) is 3. The zero-order chi connectivity index (χ0) is 15.7. The van der Waals surface area contributed by atoms with Gasteiger partial charge in [-0.2, -0.15) is 5.26 Å². The molecule has 0 atom stereocenters. The van der Waals surface area contributed by atoms with Crippen molar-refractivity contribution in [3.63, 3.8) is 0 Å². The van der Waals surface area contributed by atoms with Crippen molar-refractivity contribution in [2.75, 3.05) is 5.73 Å². The molecule has 2 N–H and O–H groups in total. The van der Waals surface area contributed by atoms with E-state index in [1.165, 1.54) is 5.56 Å². The highest BCUT2D eigenvalue weighted by Crippen LogP contribution is 2.27. The van der Waals surface area contributed by atoms with E-state index in [9.17, 15) is 0 Å². The molecule has 2 heterocycles. The molecule has 3 aromatic rings. The van der Waals surface area contributed by atoms with Gasteiger partial charge in [-0.1, -0.05) is 38.1 Å². The Hall–Kier alpha value is -2.80. The summed E-state index contributed by atoms with van der Waals surface area (Å²) in [7, 11) is 0. The minimum absolute atomic E-state index is 0.298. The van der Waals surface area contributed by atoms with Crippen molar-refractivity contribution in [3.8, 4) is 17.3 Å². The van der Waals surface area contributed by atoms with Crippen LogP contribution in [-0.4, -0.2) is 9.38 Å². The van der Waals surface area contributed by atoms with Crippen molar-refractivity contribution in [1.82, 2.24) is 9.38 Å². The number of nitrogen functional groups attached to an aromatic ring is 1. The zero-order valence-electron chi connectivity index (χ0n) is 12.7. The van der Waals surface area contributed by atoms with E-state index < -0.39 is 0 Å². The molecule has 0 aliphatic heterocycles. The van der Waals surface area contributed by atoms with Crippen molar-refractivity contribution in [3.05, 3.63) is 53.9 Å². The van der Waals surface area contributed by atoms with Crippen LogP contribution in [0, 0.1) is 11.3 Å². The van der Waals surface area contributed by atoms with Crippen molar-refractivity contribution in [2.45, 2.75) is 26.2 Å². The maximum atomic E-state index is 9.13. The Balaban J connectivity index is 2.17. The molecule has 22 heavy (non-hydrogen) atoms. The van der Waals surface area contributed by atoms with E-state index in [0.717, 1.165) is 22.6 Å². The van der Waals surface area contributed by atoms with Gasteiger partial charge in [-0.05, 0) is 23.6 Å². The van der Waals surface area contributed by atoms with Gasteiger partial charge in [-0.25, -0.2) is 4.98 Å². The van der Waals surface area contributed by atoms with E-state index >= 15 is 0 Å². The average Bonchev–Trinajstić information content (AvgIpc) is 2.86. The Morgan fingerprint density at radius 2 is 1.91 bits per heavy atom. The number of fused-ring (bicyclic) bond motifs is 1. The number of nitrogens with zero attached hydrogens (tertiary/aromatic N) is 3. The van der Waals surface area contributed by atoms with Crippen molar-refractivity contribution < 1.29 is 0 Å². The SMILES string of the molecule is CC(C)c1ccc(-c2nc3ccc(N)cn3c2CC#N)cc1. The van der Waals surface area contributed by atoms with Gasteiger partial charge >= 0.3 is 0 Å². The van der Waals surface area contributed by atoms with E-state index in [0.29, 0.717) is 18.0 Å². The van der Waals surface area contributed by atoms with Crippen LogP contribution in [0.4, 0.5) is 5.69 Å². The first kappa shape index (κ1) is 14.2. The molecule has 0 saturated heterocycles. The third-order valence-electron chi connectivity index (χ3n) is 3.84. The molecule has 0 aliphatic carbocycles. The van der Waals surface area contributed by atoms with Crippen LogP contribution in [-0.2, 0) is 6.42 Å². The molecule has 0 saturated carbocycles. The second-order valence-corrected chi connectivity index (χ2v) is 5.71. The number of imidazole rings is 1. The molecule has 4 nitrogen and oxygen atoms in total. The lowest BCUT2D eigenvalue weighted by Gasteiger charge is -2.06. The first-order valence-corrected chi connectivity index (χ1v) is 7.34. The van der Waals surface area contributed by atoms with E-state index in [1.54, 1.807) is 0 Å². The van der Waals surface area contributed by atoms with Gasteiger partial charge in [-0.3, -0.25) is 0 Å². The van der Waals surface area contributed by atoms with Gasteiger partial charge in [0.15, 0.2) is 0 Å². The summed E-state index contributed by atoms with van der Waals surface area (Å²) in [5.74, 6) is 0.494. The Morgan fingerprint density at radius 1 is 1.18 bits per heavy atom. The van der Waals surface area contributed by atoms with Gasteiger partial charge in [0.05, 0.1) is 23.9 Å². The lowest BCUT2D eigenvalue weighted by atomic mass is 10.00. The minimum Gasteiger partial charge on any atom is -0.398 e. The normalized spacial score (nSPS) is 11.0. The second kappa shape index (κ2) is 5.53. The van der Waals surface area contributed by atoms with Gasteiger partial charge in [0.25, 0.3) is 0 Å². The quantitative estimate of drug-likeness (QED) is 0.798. The molecule has 0 unspecified atom stereocenters. The van der Waals surface area contributed by atoms with Crippen molar-refractivity contribution >= 4 is 11.3 Å². The van der Waals surface area contributed by atoms with Crippen LogP contribution in [0.3, 0.4) is 0 Å². The second-order valence-electron chi connectivity index (χ2n) is 5.71. The first-order chi connectivity index (χ1) is 10.6. The predicted molar refractivity (Wildman–Crippen MR) is 88.4 cm³/mol. The molecule has 0 radical (unpaired) electrons. The number of anilines is 1. The van der Waals surface area contributed by atoms with Gasteiger partial charge in [0, 0.05) is 17.4 Å². The van der Waals surface area contributed by atoms with E-state index in [1.807, 2.05) is 22.7 Å². The highest BCUT2D eigenvalue weighted by Gasteiger charge is 2.14. The van der Waals surface area contributed by atoms with E-state index in [2.05, 4.69) is 49.2 Å². The monoisotopic (exact) mass is 290 g/mol. The van der Waals surface area contributed by atoms with Crippen LogP contribution in [0.5, 0.6) is 0 Å². The molecule has 0 fully saturated rings. The average molecular weight is 290 g/mol. The third-order valence-corrected chi connectivity index (χ3v) is 3.84. The number of rotatable bonds is 3. The van der Waals surface area contributed by atoms with Gasteiger partial charge in [0.1, 0.15) is 5.65 Å². The molecule has 3 rings (SSSR count). The number of nitrogens with two attached hydrogens (primary N) is 1. The molecule has 0 bridgehead atoms. The van der Waals surface area contributed by atoms with E-state index in [-0.39, 0.29) is 0 Å². The maximum Gasteiger partial charge on any atom is 0.137 e. The largest absolute Gasteiger partial charge is 0.398 e. The van der Waals surface area contributed by atoms with Crippen LogP contribution < -0.4 is 5.73 Å². The number of aromatic nitrogens is 2. The molecule has 110 valence electrons. The van der Waals surface area contributed by atoms with Gasteiger partial charge in [0.2, 0.25) is 0 Å². The minimum atomic E-state index is 0.298. The van der Waals surface area contributed by atoms with Gasteiger partial charge < -0.3 is 10.1 Å². The summed E-state index contributed by atoms with van der Waals surface area (Å²) in [5, 5.41) is 9.13. The van der Waals surface area contributed by atoms with Gasteiger partial charge in [-0.15, -0.1) is 0 Å². The topological polar surface area (TPSA) is 67.1 Å². The van der Waals surface area contributed by atoms with Crippen molar-refractivity contribution in [2.24, 2.45) is 0 Å². The number of benzene rings is 1. The molecule has 0 spiro atoms. The van der Waals surface area contributed by atoms with Crippen LogP contribution in [0.25, 0.3) is 16.9 Å². The van der Waals surface area contributed by atoms with Crippen LogP contribution in [0.15, 0.2) is 42.6 Å². The lowest BCUT2D eigenvalue weighted by molar-refractivity contribution is 0.867. The molecule has 1 aromatic carbocycles. The van der Waals surface area contributed by atoms with Crippen molar-refractivity contribution in [1.29, 1.82) is 5.26 Å². The summed E-state index contributed by atoms with van der Waals surface area (Å²) in [6.07, 6.45) is 2.12. The smallest absolute Gasteiger partial charge is 0.137 e. The number of hydrogen-bond donors (Lipinski definition) is 1. The third kappa shape index (κ3) is 2.42. The summed E-state index contributed by atoms with van der Waals surface area (Å²) in [6, 6.07) is 14.3. The molecule has 4 heteroatoms. The summed E-state index contributed by atoms with van der Waals surface area (Å²) in [4.78, 5) is 4.67. The number of pyridine rings is 1. The highest BCUT2D eigenvalue weighted by molar-refractivity contribution is 5.68. The van der Waals surface area contributed by atoms with Crippen LogP contribution >= 0.6 is 0 Å². The lowest BCUT2D eigenvalue weighted by Crippen LogP contribution is -1.96. The molecular weight excluding hydrogens is 272 g/mol. The molecule has 0 aliphatic rings. The highest BCUT2D eigenvalue weighted by atomic mass is 15.0. The predicted octanol–water partition coefficient (Wildman–Crippen LogP) is 3.77. The molecule has 2 aromatic heterocycles.